The van der Waals surface area contributed by atoms with Gasteiger partial charge in [-0.25, -0.2) is 0 Å². The summed E-state index contributed by atoms with van der Waals surface area (Å²) in [5.74, 6) is 0. The Morgan fingerprint density at radius 2 is 1.00 bits per heavy atom. The molecule has 0 saturated carbocycles. The summed E-state index contributed by atoms with van der Waals surface area (Å²) >= 11 is 0. The van der Waals surface area contributed by atoms with Crippen LogP contribution in [0, 0.1) is 0 Å². The lowest BCUT2D eigenvalue weighted by Gasteiger charge is -2.03. The van der Waals surface area contributed by atoms with Crippen molar-refractivity contribution < 1.29 is 9.84 Å². The maximum absolute atomic E-state index is 7.00. The summed E-state index contributed by atoms with van der Waals surface area (Å²) in [6.45, 7) is 6.36. The van der Waals surface area contributed by atoms with Gasteiger partial charge >= 0.3 is 0 Å². The maximum Gasteiger partial charge on any atom is 0.0466 e. The van der Waals surface area contributed by atoms with Gasteiger partial charge in [0.2, 0.25) is 0 Å². The van der Waals surface area contributed by atoms with Crippen LogP contribution < -0.4 is 0 Å². The first kappa shape index (κ1) is 20.2. The van der Waals surface area contributed by atoms with Crippen LogP contribution in [0.2, 0.25) is 0 Å². The molecule has 0 aliphatic rings. The fourth-order valence-electron chi connectivity index (χ4n) is 1.94. The smallest absolute Gasteiger partial charge is 0.0466 e. The van der Waals surface area contributed by atoms with Crippen LogP contribution in [0.25, 0.3) is 0 Å². The highest BCUT2D eigenvalue weighted by Crippen LogP contribution is 2.10. The van der Waals surface area contributed by atoms with Gasteiger partial charge in [-0.05, 0) is 12.8 Å². The van der Waals surface area contributed by atoms with E-state index in [2.05, 4.69) is 13.8 Å². The largest absolute Gasteiger partial charge is 0.400 e. The molecule has 0 aliphatic heterocycles. The zero-order valence-corrected chi connectivity index (χ0v) is 13.0. The van der Waals surface area contributed by atoms with Crippen molar-refractivity contribution in [2.75, 3.05) is 20.3 Å². The van der Waals surface area contributed by atoms with Crippen molar-refractivity contribution in [2.45, 2.75) is 84.5 Å². The van der Waals surface area contributed by atoms with E-state index in [1.165, 1.54) is 64.2 Å². The minimum absolute atomic E-state index is 0.942. The Labute approximate surface area is 115 Å². The Balaban J connectivity index is 0. The van der Waals surface area contributed by atoms with Crippen molar-refractivity contribution in [2.24, 2.45) is 0 Å². The minimum Gasteiger partial charge on any atom is -0.400 e. The summed E-state index contributed by atoms with van der Waals surface area (Å²) in [7, 11) is 1.00. The molecular formula is C16H36O2. The number of hydrogen-bond donors (Lipinski definition) is 1. The normalized spacial score (nSPS) is 10.0. The van der Waals surface area contributed by atoms with E-state index in [0.29, 0.717) is 0 Å². The van der Waals surface area contributed by atoms with Gasteiger partial charge in [-0.15, -0.1) is 0 Å². The van der Waals surface area contributed by atoms with Crippen molar-refractivity contribution in [3.05, 3.63) is 0 Å². The number of rotatable bonds is 13. The molecule has 0 aromatic rings. The van der Waals surface area contributed by atoms with Gasteiger partial charge in [0.15, 0.2) is 0 Å². The summed E-state index contributed by atoms with van der Waals surface area (Å²) in [5, 5.41) is 7.00. The summed E-state index contributed by atoms with van der Waals surface area (Å²) in [6, 6.07) is 0. The minimum atomic E-state index is 0.942. The highest BCUT2D eigenvalue weighted by atomic mass is 16.5. The highest BCUT2D eigenvalue weighted by Gasteiger charge is 1.92. The van der Waals surface area contributed by atoms with Crippen molar-refractivity contribution >= 4 is 0 Å². The molecule has 0 amide bonds. The zero-order valence-electron chi connectivity index (χ0n) is 13.0. The predicted molar refractivity (Wildman–Crippen MR) is 81.1 cm³/mol. The Morgan fingerprint density at radius 1 is 0.556 bits per heavy atom. The molecule has 18 heavy (non-hydrogen) atoms. The van der Waals surface area contributed by atoms with Gasteiger partial charge < -0.3 is 9.84 Å². The lowest BCUT2D eigenvalue weighted by molar-refractivity contribution is 0.130. The third-order valence-corrected chi connectivity index (χ3v) is 2.99. The van der Waals surface area contributed by atoms with Gasteiger partial charge in [-0.3, -0.25) is 0 Å². The maximum atomic E-state index is 7.00. The Kier molecular flexibility index (Phi) is 24.9. The average molecular weight is 260 g/mol. The van der Waals surface area contributed by atoms with Gasteiger partial charge in [-0.1, -0.05) is 71.6 Å². The van der Waals surface area contributed by atoms with Gasteiger partial charge in [0.05, 0.1) is 0 Å². The molecular weight excluding hydrogens is 224 g/mol. The lowest BCUT2D eigenvalue weighted by Crippen LogP contribution is -1.95. The highest BCUT2D eigenvalue weighted by molar-refractivity contribution is 4.47. The molecule has 0 rings (SSSR count). The van der Waals surface area contributed by atoms with Crippen LogP contribution >= 0.6 is 0 Å². The molecule has 1 N–H and O–H groups in total. The predicted octanol–water partition coefficient (Wildman–Crippen LogP) is 4.94. The number of aliphatic hydroxyl groups is 1. The second-order valence-corrected chi connectivity index (χ2v) is 4.79. The summed E-state index contributed by atoms with van der Waals surface area (Å²) in [6.07, 6.45) is 15.2. The van der Waals surface area contributed by atoms with E-state index in [0.717, 1.165) is 26.7 Å². The third-order valence-electron chi connectivity index (χ3n) is 2.99. The van der Waals surface area contributed by atoms with Crippen molar-refractivity contribution in [3.63, 3.8) is 0 Å². The second-order valence-electron chi connectivity index (χ2n) is 4.79. The Hall–Kier alpha value is -0.0800. The quantitative estimate of drug-likeness (QED) is 0.475. The monoisotopic (exact) mass is 260 g/mol. The van der Waals surface area contributed by atoms with E-state index in [-0.39, 0.29) is 0 Å². The van der Waals surface area contributed by atoms with Crippen LogP contribution in [0.5, 0.6) is 0 Å². The standard InChI is InChI=1S/C15H32O.CH4O/c1-3-5-6-7-8-9-10-11-12-13-15-16-14-4-2;1-2/h3-15H2,1-2H3;2H,1H3. The first-order valence-electron chi connectivity index (χ1n) is 7.94. The van der Waals surface area contributed by atoms with Crippen LogP contribution in [0.15, 0.2) is 0 Å². The van der Waals surface area contributed by atoms with E-state index in [1.54, 1.807) is 0 Å². The van der Waals surface area contributed by atoms with E-state index in [4.69, 9.17) is 9.84 Å². The topological polar surface area (TPSA) is 29.5 Å². The van der Waals surface area contributed by atoms with Crippen LogP contribution in [-0.4, -0.2) is 25.4 Å². The molecule has 0 heterocycles. The summed E-state index contributed by atoms with van der Waals surface area (Å²) in [4.78, 5) is 0. The van der Waals surface area contributed by atoms with E-state index < -0.39 is 0 Å². The zero-order chi connectivity index (χ0) is 13.9. The van der Waals surface area contributed by atoms with E-state index in [9.17, 15) is 0 Å². The molecule has 0 bridgehead atoms. The molecule has 112 valence electrons. The number of ether oxygens (including phenoxy) is 1. The molecule has 2 nitrogen and oxygen atoms in total. The van der Waals surface area contributed by atoms with Gasteiger partial charge in [-0.2, -0.15) is 0 Å². The molecule has 0 radical (unpaired) electrons. The van der Waals surface area contributed by atoms with Crippen LogP contribution in [0.4, 0.5) is 0 Å². The molecule has 0 fully saturated rings. The Bertz CT molecular complexity index is 102. The molecule has 0 aromatic heterocycles. The van der Waals surface area contributed by atoms with E-state index >= 15 is 0 Å². The van der Waals surface area contributed by atoms with Crippen molar-refractivity contribution in [1.29, 1.82) is 0 Å². The van der Waals surface area contributed by atoms with Crippen LogP contribution in [-0.2, 0) is 4.74 Å². The van der Waals surface area contributed by atoms with E-state index in [1.807, 2.05) is 0 Å². The second kappa shape index (κ2) is 22.1. The fourth-order valence-corrected chi connectivity index (χ4v) is 1.94. The molecule has 0 spiro atoms. The number of unbranched alkanes of at least 4 members (excludes halogenated alkanes) is 9. The summed E-state index contributed by atoms with van der Waals surface area (Å²) < 4.78 is 5.45. The molecule has 0 aliphatic carbocycles. The van der Waals surface area contributed by atoms with Gasteiger partial charge in [0.25, 0.3) is 0 Å². The summed E-state index contributed by atoms with van der Waals surface area (Å²) in [5.41, 5.74) is 0. The molecule has 0 unspecified atom stereocenters. The third kappa shape index (κ3) is 21.2. The average Bonchev–Trinajstić information content (AvgIpc) is 2.42. The van der Waals surface area contributed by atoms with Crippen LogP contribution in [0.3, 0.4) is 0 Å². The first-order chi connectivity index (χ1) is 8.91. The fraction of sp³-hybridized carbons (Fsp3) is 1.00. The molecule has 0 aromatic carbocycles. The molecule has 0 saturated heterocycles. The van der Waals surface area contributed by atoms with Gasteiger partial charge in [0.1, 0.15) is 0 Å². The van der Waals surface area contributed by atoms with Crippen molar-refractivity contribution in [1.82, 2.24) is 0 Å². The number of hydrogen-bond acceptors (Lipinski definition) is 2. The number of aliphatic hydroxyl groups excluding tert-OH is 1. The first-order valence-corrected chi connectivity index (χ1v) is 7.94. The van der Waals surface area contributed by atoms with Gasteiger partial charge in [0, 0.05) is 20.3 Å². The SMILES string of the molecule is CCCCCCCCCCCCOCCC.CO. The van der Waals surface area contributed by atoms with Crippen LogP contribution in [0.1, 0.15) is 84.5 Å². The lowest BCUT2D eigenvalue weighted by atomic mass is 10.1. The molecule has 2 heteroatoms. The van der Waals surface area contributed by atoms with Crippen molar-refractivity contribution in [3.8, 4) is 0 Å². The molecule has 0 atom stereocenters. The Morgan fingerprint density at radius 3 is 1.44 bits per heavy atom.